The number of benzene rings is 1. The first-order valence-corrected chi connectivity index (χ1v) is 9.44. The molecule has 3 heterocycles. The highest BCUT2D eigenvalue weighted by Crippen LogP contribution is 2.32. The van der Waals surface area contributed by atoms with E-state index < -0.39 is 35.9 Å². The predicted molar refractivity (Wildman–Crippen MR) is 106 cm³/mol. The second kappa shape index (κ2) is 7.91. The number of fused-ring (bicyclic) bond motifs is 1. The second-order valence-electron chi connectivity index (χ2n) is 7.13. The summed E-state index contributed by atoms with van der Waals surface area (Å²) in [5.74, 6) is -0.983. The number of rotatable bonds is 5. The molecule has 1 aliphatic rings. The van der Waals surface area contributed by atoms with Crippen molar-refractivity contribution in [1.82, 2.24) is 9.97 Å². The molecule has 0 saturated carbocycles. The van der Waals surface area contributed by atoms with Gasteiger partial charge in [-0.2, -0.15) is 0 Å². The van der Waals surface area contributed by atoms with Crippen molar-refractivity contribution in [2.24, 2.45) is 0 Å². The van der Waals surface area contributed by atoms with Crippen LogP contribution in [0.2, 0.25) is 0 Å². The summed E-state index contributed by atoms with van der Waals surface area (Å²) in [4.78, 5) is 22.0. The topological polar surface area (TPSA) is 78.3 Å². The predicted octanol–water partition coefficient (Wildman–Crippen LogP) is 3.98. The summed E-state index contributed by atoms with van der Waals surface area (Å²) in [5.41, 5.74) is 0.610. The maximum atomic E-state index is 14.5. The Morgan fingerprint density at radius 1 is 1.23 bits per heavy atom. The van der Waals surface area contributed by atoms with E-state index in [0.717, 1.165) is 6.07 Å². The zero-order chi connectivity index (χ0) is 21.4. The van der Waals surface area contributed by atoms with Crippen molar-refractivity contribution >= 4 is 28.3 Å². The van der Waals surface area contributed by atoms with Crippen molar-refractivity contribution in [3.63, 3.8) is 0 Å². The molecule has 4 rings (SSSR count). The highest BCUT2D eigenvalue weighted by Gasteiger charge is 2.31. The number of nitrogens with zero attached hydrogens (tertiary/aromatic N) is 3. The van der Waals surface area contributed by atoms with E-state index in [1.807, 2.05) is 0 Å². The summed E-state index contributed by atoms with van der Waals surface area (Å²) in [6.45, 7) is 2.02. The lowest BCUT2D eigenvalue weighted by Gasteiger charge is -2.20. The van der Waals surface area contributed by atoms with Gasteiger partial charge < -0.3 is 10.4 Å². The van der Waals surface area contributed by atoms with Gasteiger partial charge in [0.2, 0.25) is 0 Å². The number of aromatic nitrogens is 2. The Bertz CT molecular complexity index is 1110. The van der Waals surface area contributed by atoms with Gasteiger partial charge in [0.1, 0.15) is 17.7 Å². The number of hydrogen-bond donors (Lipinski definition) is 2. The second-order valence-corrected chi connectivity index (χ2v) is 7.13. The van der Waals surface area contributed by atoms with E-state index >= 15 is 0 Å². The molecular weight excluding hydrogens is 397 g/mol. The van der Waals surface area contributed by atoms with E-state index in [4.69, 9.17) is 0 Å². The van der Waals surface area contributed by atoms with Gasteiger partial charge in [-0.15, -0.1) is 0 Å². The molecule has 2 atom stereocenters. The highest BCUT2D eigenvalue weighted by atomic mass is 19.3. The lowest BCUT2D eigenvalue weighted by atomic mass is 10.0. The number of alkyl halides is 2. The van der Waals surface area contributed by atoms with Gasteiger partial charge in [0.15, 0.2) is 0 Å². The lowest BCUT2D eigenvalue weighted by molar-refractivity contribution is -0.124. The summed E-state index contributed by atoms with van der Waals surface area (Å²) >= 11 is 0. The van der Waals surface area contributed by atoms with E-state index in [0.29, 0.717) is 35.4 Å². The minimum atomic E-state index is -2.90. The van der Waals surface area contributed by atoms with Gasteiger partial charge in [-0.3, -0.25) is 14.7 Å². The van der Waals surface area contributed by atoms with Gasteiger partial charge in [0, 0.05) is 35.8 Å². The Hall–Kier alpha value is -3.20. The largest absolute Gasteiger partial charge is 0.383 e. The maximum absolute atomic E-state index is 14.5. The quantitative estimate of drug-likeness (QED) is 0.658. The average Bonchev–Trinajstić information content (AvgIpc) is 3.06. The number of hydrogen-bond acceptors (Lipinski definition) is 5. The van der Waals surface area contributed by atoms with E-state index in [1.54, 1.807) is 25.3 Å². The summed E-state index contributed by atoms with van der Waals surface area (Å²) < 4.78 is 40.6. The first kappa shape index (κ1) is 20.1. The van der Waals surface area contributed by atoms with Gasteiger partial charge in [-0.25, -0.2) is 18.2 Å². The van der Waals surface area contributed by atoms with Crippen LogP contribution >= 0.6 is 0 Å². The van der Waals surface area contributed by atoms with E-state index in [1.165, 1.54) is 23.2 Å². The van der Waals surface area contributed by atoms with Crippen molar-refractivity contribution in [2.45, 2.75) is 31.9 Å². The average molecular weight is 416 g/mol. The third-order valence-corrected chi connectivity index (χ3v) is 5.20. The fourth-order valence-electron chi connectivity index (χ4n) is 3.59. The molecule has 30 heavy (non-hydrogen) atoms. The van der Waals surface area contributed by atoms with Crippen LogP contribution < -0.4 is 10.2 Å². The number of aliphatic hydroxyl groups is 1. The molecule has 0 bridgehead atoms. The number of halogens is 3. The fourth-order valence-corrected chi connectivity index (χ4v) is 3.59. The summed E-state index contributed by atoms with van der Waals surface area (Å²) in [6.07, 6.45) is -0.556. The van der Waals surface area contributed by atoms with Gasteiger partial charge in [0.05, 0.1) is 23.3 Å². The third-order valence-electron chi connectivity index (χ3n) is 5.20. The van der Waals surface area contributed by atoms with Crippen LogP contribution in [-0.4, -0.2) is 33.6 Å². The summed E-state index contributed by atoms with van der Waals surface area (Å²) in [6, 6.07) is 6.66. The normalized spacial score (nSPS) is 17.7. The molecule has 1 aliphatic heterocycles. The number of anilines is 2. The first-order valence-electron chi connectivity index (χ1n) is 9.44. The van der Waals surface area contributed by atoms with E-state index in [2.05, 4.69) is 15.3 Å². The third kappa shape index (κ3) is 3.56. The van der Waals surface area contributed by atoms with Gasteiger partial charge >= 0.3 is 0 Å². The maximum Gasteiger partial charge on any atom is 0.266 e. The minimum absolute atomic E-state index is 0.116. The van der Waals surface area contributed by atoms with Crippen LogP contribution in [-0.2, 0) is 4.79 Å². The van der Waals surface area contributed by atoms with Crippen LogP contribution in [0.1, 0.15) is 36.9 Å². The molecule has 2 N–H and O–H groups in total. The number of pyridine rings is 2. The smallest absolute Gasteiger partial charge is 0.266 e. The van der Waals surface area contributed by atoms with Crippen LogP contribution in [0.5, 0.6) is 0 Å². The molecule has 1 fully saturated rings. The molecule has 6 nitrogen and oxygen atoms in total. The van der Waals surface area contributed by atoms with Crippen molar-refractivity contribution in [1.29, 1.82) is 0 Å². The summed E-state index contributed by atoms with van der Waals surface area (Å²) in [7, 11) is 0. The van der Waals surface area contributed by atoms with Crippen LogP contribution in [0.3, 0.4) is 0 Å². The number of nitrogens with one attached hydrogen (secondary N) is 1. The van der Waals surface area contributed by atoms with Crippen molar-refractivity contribution in [3.8, 4) is 0 Å². The van der Waals surface area contributed by atoms with Gasteiger partial charge in [-0.1, -0.05) is 18.2 Å². The van der Waals surface area contributed by atoms with Crippen LogP contribution in [0.25, 0.3) is 10.9 Å². The minimum Gasteiger partial charge on any atom is -0.383 e. The molecule has 1 aromatic carbocycles. The first-order chi connectivity index (χ1) is 14.4. The molecule has 156 valence electrons. The Morgan fingerprint density at radius 2 is 2.00 bits per heavy atom. The molecular formula is C21H19F3N4O2. The molecule has 1 amide bonds. The number of carbonyl (C=O) groups is 1. The summed E-state index contributed by atoms with van der Waals surface area (Å²) in [5, 5.41) is 13.5. The van der Waals surface area contributed by atoms with Gasteiger partial charge in [-0.05, 0) is 19.1 Å². The molecule has 1 saturated heterocycles. The standard InChI is InChI=1S/C21H19F3N4O2/c1-11(12-3-2-4-13(19(12)22)20(23)24)27-15-5-7-25-16-10-26-18(9-14(15)16)28-8-6-17(29)21(28)30/h2-5,7,9-11,17,20,29H,6,8H2,1H3,(H,25,27)/t11-,17?/m1/s1. The zero-order valence-electron chi connectivity index (χ0n) is 16.0. The van der Waals surface area contributed by atoms with E-state index in [9.17, 15) is 23.1 Å². The number of aliphatic hydroxyl groups excluding tert-OH is 1. The van der Waals surface area contributed by atoms with Crippen molar-refractivity contribution in [3.05, 3.63) is 59.7 Å². The molecule has 3 aromatic rings. The molecule has 0 spiro atoms. The Balaban J connectivity index is 1.68. The molecule has 1 unspecified atom stereocenters. The highest BCUT2D eigenvalue weighted by molar-refractivity contribution is 6.00. The van der Waals surface area contributed by atoms with Crippen molar-refractivity contribution < 1.29 is 23.1 Å². The number of carbonyl (C=O) groups excluding carboxylic acids is 1. The lowest BCUT2D eigenvalue weighted by Crippen LogP contribution is -2.29. The molecule has 2 aromatic heterocycles. The molecule has 0 radical (unpaired) electrons. The molecule has 0 aliphatic carbocycles. The monoisotopic (exact) mass is 416 g/mol. The van der Waals surface area contributed by atoms with Crippen molar-refractivity contribution in [2.75, 3.05) is 16.8 Å². The van der Waals surface area contributed by atoms with E-state index in [-0.39, 0.29) is 5.56 Å². The fraction of sp³-hybridized carbons (Fsp3) is 0.286. The SMILES string of the molecule is C[C@@H](Nc1ccnc2cnc(N3CCC(O)C3=O)cc12)c1cccc(C(F)F)c1F. The Kier molecular flexibility index (Phi) is 5.29. The zero-order valence-corrected chi connectivity index (χ0v) is 16.0. The number of amides is 1. The van der Waals surface area contributed by atoms with Crippen LogP contribution in [0, 0.1) is 5.82 Å². The van der Waals surface area contributed by atoms with Gasteiger partial charge in [0.25, 0.3) is 12.3 Å². The Labute approximate surface area is 170 Å². The molecule has 9 heteroatoms. The Morgan fingerprint density at radius 3 is 2.70 bits per heavy atom. The van der Waals surface area contributed by atoms with Crippen LogP contribution in [0.15, 0.2) is 42.7 Å². The van der Waals surface area contributed by atoms with Crippen LogP contribution in [0.4, 0.5) is 24.7 Å².